The standard InChI is InChI=1S/C9H6BrI3O/c1-5-2-3-6(10)4-7(5)8(14)9(11,12)13/h2-4H,1H3. The molecule has 0 aliphatic carbocycles. The molecule has 0 saturated carbocycles. The number of hydrogen-bond donors (Lipinski definition) is 0. The number of hydrogen-bond acceptors (Lipinski definition) is 1. The molecule has 0 atom stereocenters. The minimum absolute atomic E-state index is 0.151. The van der Waals surface area contributed by atoms with E-state index < -0.39 is -0.565 Å². The molecule has 0 unspecified atom stereocenters. The molecule has 1 rings (SSSR count). The maximum atomic E-state index is 12.0. The van der Waals surface area contributed by atoms with E-state index in [-0.39, 0.29) is 5.78 Å². The number of ketones is 1. The highest BCUT2D eigenvalue weighted by molar-refractivity contribution is 14.3. The third-order valence-corrected chi connectivity index (χ3v) is 3.66. The third kappa shape index (κ3) is 3.55. The second kappa shape index (κ2) is 5.26. The Kier molecular flexibility index (Phi) is 5.12. The van der Waals surface area contributed by atoms with Crippen LogP contribution in [0.4, 0.5) is 0 Å². The molecule has 14 heavy (non-hydrogen) atoms. The molecule has 1 nitrogen and oxygen atoms in total. The molecule has 5 heteroatoms. The van der Waals surface area contributed by atoms with Crippen LogP contribution in [-0.4, -0.2) is 5.22 Å². The van der Waals surface area contributed by atoms with E-state index in [1.54, 1.807) is 0 Å². The summed E-state index contributed by atoms with van der Waals surface area (Å²) in [5.41, 5.74) is 1.81. The zero-order valence-corrected chi connectivity index (χ0v) is 15.2. The van der Waals surface area contributed by atoms with Crippen LogP contribution in [0.25, 0.3) is 0 Å². The van der Waals surface area contributed by atoms with Gasteiger partial charge >= 0.3 is 0 Å². The molecule has 76 valence electrons. The number of rotatable bonds is 2. The number of carbonyl (C=O) groups excluding carboxylic acids is 1. The van der Waals surface area contributed by atoms with E-state index >= 15 is 0 Å². The molecule has 0 spiro atoms. The zero-order valence-electron chi connectivity index (χ0n) is 7.15. The van der Waals surface area contributed by atoms with Gasteiger partial charge in [-0.05, 0) is 92.4 Å². The summed E-state index contributed by atoms with van der Waals surface area (Å²) in [6.07, 6.45) is 0. The molecular formula is C9H6BrI3O. The van der Waals surface area contributed by atoms with Gasteiger partial charge in [0.05, 0.1) is 0 Å². The summed E-state index contributed by atoms with van der Waals surface area (Å²) < 4.78 is 0.540. The summed E-state index contributed by atoms with van der Waals surface area (Å²) in [4.78, 5) is 12.0. The predicted octanol–water partition coefficient (Wildman–Crippen LogP) is 4.90. The van der Waals surface area contributed by atoms with E-state index in [4.69, 9.17) is 0 Å². The maximum Gasteiger partial charge on any atom is 0.198 e. The molecule has 0 aliphatic heterocycles. The molecule has 1 aromatic rings. The largest absolute Gasteiger partial charge is 0.291 e. The lowest BCUT2D eigenvalue weighted by Gasteiger charge is -2.13. The van der Waals surface area contributed by atoms with Gasteiger partial charge in [0, 0.05) is 10.0 Å². The van der Waals surface area contributed by atoms with Crippen molar-refractivity contribution >= 4 is 89.5 Å². The van der Waals surface area contributed by atoms with Crippen molar-refractivity contribution in [1.82, 2.24) is 0 Å². The Bertz CT molecular complexity index is 371. The van der Waals surface area contributed by atoms with E-state index in [9.17, 15) is 4.79 Å². The van der Waals surface area contributed by atoms with Crippen molar-refractivity contribution in [3.63, 3.8) is 0 Å². The third-order valence-electron chi connectivity index (χ3n) is 1.70. The lowest BCUT2D eigenvalue weighted by atomic mass is 10.1. The Morgan fingerprint density at radius 2 is 1.93 bits per heavy atom. The van der Waals surface area contributed by atoms with Crippen molar-refractivity contribution in [3.8, 4) is 0 Å². The van der Waals surface area contributed by atoms with E-state index in [0.717, 1.165) is 15.6 Å². The van der Waals surface area contributed by atoms with Crippen molar-refractivity contribution in [2.24, 2.45) is 0 Å². The van der Waals surface area contributed by atoms with Crippen LogP contribution in [0.1, 0.15) is 15.9 Å². The number of aryl methyl sites for hydroxylation is 1. The minimum Gasteiger partial charge on any atom is -0.291 e. The van der Waals surface area contributed by atoms with Crippen LogP contribution in [-0.2, 0) is 0 Å². The first-order valence-corrected chi connectivity index (χ1v) is 7.73. The zero-order chi connectivity index (χ0) is 10.9. The van der Waals surface area contributed by atoms with Gasteiger partial charge in [-0.1, -0.05) is 22.0 Å². The molecule has 0 N–H and O–H groups in total. The first kappa shape index (κ1) is 13.6. The minimum atomic E-state index is -0.404. The summed E-state index contributed by atoms with van der Waals surface area (Å²) >= 11 is 9.80. The van der Waals surface area contributed by atoms with Crippen LogP contribution >= 0.6 is 83.7 Å². The average Bonchev–Trinajstić information content (AvgIpc) is 2.06. The van der Waals surface area contributed by atoms with Crippen LogP contribution < -0.4 is 0 Å². The van der Waals surface area contributed by atoms with Crippen LogP contribution in [0.15, 0.2) is 22.7 Å². The van der Waals surface area contributed by atoms with Crippen LogP contribution in [0.2, 0.25) is 0 Å². The molecule has 0 aromatic heterocycles. The SMILES string of the molecule is Cc1ccc(Br)cc1C(=O)C(I)(I)I. The molecule has 0 aliphatic rings. The molecule has 0 bridgehead atoms. The van der Waals surface area contributed by atoms with Gasteiger partial charge in [0.15, 0.2) is 5.22 Å². The highest BCUT2D eigenvalue weighted by atomic mass is 127. The van der Waals surface area contributed by atoms with Gasteiger partial charge in [-0.25, -0.2) is 0 Å². The van der Waals surface area contributed by atoms with Crippen molar-refractivity contribution in [3.05, 3.63) is 33.8 Å². The number of benzene rings is 1. The second-order valence-electron chi connectivity index (χ2n) is 2.79. The van der Waals surface area contributed by atoms with E-state index in [0.29, 0.717) is 0 Å². The van der Waals surface area contributed by atoms with Crippen LogP contribution in [0.3, 0.4) is 0 Å². The average molecular weight is 591 g/mol. The summed E-state index contributed by atoms with van der Waals surface area (Å²) in [6, 6.07) is 5.77. The van der Waals surface area contributed by atoms with Gasteiger partial charge in [-0.15, -0.1) is 0 Å². The number of halogens is 4. The van der Waals surface area contributed by atoms with E-state index in [1.165, 1.54) is 0 Å². The highest BCUT2D eigenvalue weighted by Crippen LogP contribution is 2.39. The fourth-order valence-corrected chi connectivity index (χ4v) is 2.22. The van der Waals surface area contributed by atoms with E-state index in [2.05, 4.69) is 83.7 Å². The molecule has 0 saturated heterocycles. The number of carbonyl (C=O) groups is 1. The summed E-state index contributed by atoms with van der Waals surface area (Å²) in [6.45, 7) is 1.95. The second-order valence-corrected chi connectivity index (χ2v) is 14.7. The van der Waals surface area contributed by atoms with Crippen molar-refractivity contribution in [1.29, 1.82) is 0 Å². The van der Waals surface area contributed by atoms with Crippen LogP contribution in [0, 0.1) is 6.92 Å². The fourth-order valence-electron chi connectivity index (χ4n) is 0.992. The summed E-state index contributed by atoms with van der Waals surface area (Å²) in [5.74, 6) is 0.151. The Morgan fingerprint density at radius 1 is 1.36 bits per heavy atom. The summed E-state index contributed by atoms with van der Waals surface area (Å²) in [5, 5.41) is 0. The van der Waals surface area contributed by atoms with Crippen molar-refractivity contribution in [2.45, 2.75) is 6.36 Å². The first-order valence-electron chi connectivity index (χ1n) is 3.70. The Labute approximate surface area is 132 Å². The Morgan fingerprint density at radius 3 is 2.43 bits per heavy atom. The quantitative estimate of drug-likeness (QED) is 0.272. The smallest absolute Gasteiger partial charge is 0.198 e. The number of alkyl halides is 3. The molecular weight excluding hydrogens is 585 g/mol. The maximum absolute atomic E-state index is 12.0. The summed E-state index contributed by atoms with van der Waals surface area (Å²) in [7, 11) is 0. The first-order chi connectivity index (χ1) is 6.32. The van der Waals surface area contributed by atoms with Crippen LogP contribution in [0.5, 0.6) is 0 Å². The molecule has 0 fully saturated rings. The Hall–Kier alpha value is 1.56. The normalized spacial score (nSPS) is 11.5. The highest BCUT2D eigenvalue weighted by Gasteiger charge is 2.30. The van der Waals surface area contributed by atoms with E-state index in [1.807, 2.05) is 25.1 Å². The van der Waals surface area contributed by atoms with Gasteiger partial charge in [-0.2, -0.15) is 0 Å². The van der Waals surface area contributed by atoms with Gasteiger partial charge in [0.25, 0.3) is 0 Å². The fraction of sp³-hybridized carbons (Fsp3) is 0.222. The van der Waals surface area contributed by atoms with Crippen molar-refractivity contribution < 1.29 is 4.79 Å². The monoisotopic (exact) mass is 590 g/mol. The predicted molar refractivity (Wildman–Crippen MR) is 88.0 cm³/mol. The lowest BCUT2D eigenvalue weighted by Crippen LogP contribution is -2.17. The molecule has 0 amide bonds. The topological polar surface area (TPSA) is 17.1 Å². The van der Waals surface area contributed by atoms with Gasteiger partial charge in [0.1, 0.15) is 0 Å². The Balaban J connectivity index is 3.19. The molecule has 1 aromatic carbocycles. The van der Waals surface area contributed by atoms with Gasteiger partial charge in [-0.3, -0.25) is 4.79 Å². The van der Waals surface area contributed by atoms with Gasteiger partial charge in [0.2, 0.25) is 0 Å². The molecule has 0 heterocycles. The van der Waals surface area contributed by atoms with Crippen molar-refractivity contribution in [2.75, 3.05) is 0 Å². The van der Waals surface area contributed by atoms with Gasteiger partial charge < -0.3 is 0 Å². The molecule has 0 radical (unpaired) electrons. The number of Topliss-reactive ketones (excluding diaryl/α,β-unsaturated/α-hetero) is 1. The lowest BCUT2D eigenvalue weighted by molar-refractivity contribution is 0.101.